The standard InChI is InChI=1S/C12H16O3/c1-2-6-12(14)15-9-11(13)10-7-4-3-5-8-10/h3-5,7-8,11,13H,2,6,9H2,1H3. The van der Waals surface area contributed by atoms with Gasteiger partial charge >= 0.3 is 5.97 Å². The fraction of sp³-hybridized carbons (Fsp3) is 0.417. The van der Waals surface area contributed by atoms with Crippen molar-refractivity contribution >= 4 is 5.97 Å². The fourth-order valence-electron chi connectivity index (χ4n) is 1.22. The maximum atomic E-state index is 11.0. The number of carbonyl (C=O) groups excluding carboxylic acids is 1. The van der Waals surface area contributed by atoms with E-state index in [1.54, 1.807) is 12.1 Å². The van der Waals surface area contributed by atoms with Gasteiger partial charge in [0.25, 0.3) is 0 Å². The number of ether oxygens (including phenoxy) is 1. The molecule has 1 aromatic rings. The molecule has 0 aromatic heterocycles. The molecule has 1 N–H and O–H groups in total. The molecule has 0 fully saturated rings. The molecule has 0 saturated carbocycles. The van der Waals surface area contributed by atoms with Crippen LogP contribution in [0.2, 0.25) is 0 Å². The van der Waals surface area contributed by atoms with Crippen LogP contribution in [0.15, 0.2) is 30.3 Å². The Kier molecular flexibility index (Phi) is 4.84. The van der Waals surface area contributed by atoms with Crippen molar-refractivity contribution in [2.24, 2.45) is 0 Å². The van der Waals surface area contributed by atoms with E-state index in [-0.39, 0.29) is 12.6 Å². The van der Waals surface area contributed by atoms with E-state index in [1.165, 1.54) is 0 Å². The van der Waals surface area contributed by atoms with Crippen LogP contribution in [-0.2, 0) is 9.53 Å². The van der Waals surface area contributed by atoms with Crippen molar-refractivity contribution in [2.45, 2.75) is 25.9 Å². The van der Waals surface area contributed by atoms with Crippen LogP contribution in [0.1, 0.15) is 31.4 Å². The van der Waals surface area contributed by atoms with Crippen molar-refractivity contribution in [3.63, 3.8) is 0 Å². The third-order valence-corrected chi connectivity index (χ3v) is 2.04. The lowest BCUT2D eigenvalue weighted by atomic mass is 10.1. The smallest absolute Gasteiger partial charge is 0.305 e. The number of rotatable bonds is 5. The number of aliphatic hydroxyl groups excluding tert-OH is 1. The molecule has 0 aliphatic carbocycles. The summed E-state index contributed by atoms with van der Waals surface area (Å²) in [5.41, 5.74) is 0.766. The number of aliphatic hydroxyl groups is 1. The van der Waals surface area contributed by atoms with Gasteiger partial charge in [-0.2, -0.15) is 0 Å². The summed E-state index contributed by atoms with van der Waals surface area (Å²) < 4.78 is 4.91. The molecule has 3 heteroatoms. The van der Waals surface area contributed by atoms with Crippen molar-refractivity contribution in [1.29, 1.82) is 0 Å². The summed E-state index contributed by atoms with van der Waals surface area (Å²) in [7, 11) is 0. The molecule has 0 aliphatic heterocycles. The molecule has 1 aromatic carbocycles. The lowest BCUT2D eigenvalue weighted by Crippen LogP contribution is -2.12. The predicted octanol–water partition coefficient (Wildman–Crippen LogP) is 2.06. The molecule has 15 heavy (non-hydrogen) atoms. The number of carbonyl (C=O) groups is 1. The van der Waals surface area contributed by atoms with E-state index in [2.05, 4.69) is 0 Å². The second kappa shape index (κ2) is 6.19. The first-order valence-corrected chi connectivity index (χ1v) is 5.12. The number of hydrogen-bond donors (Lipinski definition) is 1. The lowest BCUT2D eigenvalue weighted by molar-refractivity contribution is -0.146. The zero-order chi connectivity index (χ0) is 11.1. The van der Waals surface area contributed by atoms with Gasteiger partial charge in [0, 0.05) is 6.42 Å². The van der Waals surface area contributed by atoms with Crippen LogP contribution < -0.4 is 0 Å². The normalized spacial score (nSPS) is 12.1. The van der Waals surface area contributed by atoms with Gasteiger partial charge in [0.15, 0.2) is 0 Å². The lowest BCUT2D eigenvalue weighted by Gasteiger charge is -2.11. The van der Waals surface area contributed by atoms with Crippen molar-refractivity contribution in [2.75, 3.05) is 6.61 Å². The third kappa shape index (κ3) is 4.13. The minimum atomic E-state index is -0.730. The summed E-state index contributed by atoms with van der Waals surface area (Å²) in [5.74, 6) is -0.257. The molecule has 1 atom stereocenters. The van der Waals surface area contributed by atoms with Crippen LogP contribution in [0.4, 0.5) is 0 Å². The van der Waals surface area contributed by atoms with Gasteiger partial charge < -0.3 is 9.84 Å². The first kappa shape index (κ1) is 11.7. The quantitative estimate of drug-likeness (QED) is 0.753. The Bertz CT molecular complexity index is 295. The minimum Gasteiger partial charge on any atom is -0.463 e. The number of benzene rings is 1. The van der Waals surface area contributed by atoms with E-state index in [0.717, 1.165) is 12.0 Å². The molecule has 0 amide bonds. The molecule has 1 unspecified atom stereocenters. The third-order valence-electron chi connectivity index (χ3n) is 2.04. The van der Waals surface area contributed by atoms with Gasteiger partial charge in [-0.3, -0.25) is 4.79 Å². The van der Waals surface area contributed by atoms with Crippen LogP contribution in [0.5, 0.6) is 0 Å². The highest BCUT2D eigenvalue weighted by Crippen LogP contribution is 2.12. The Balaban J connectivity index is 2.37. The maximum Gasteiger partial charge on any atom is 0.305 e. The van der Waals surface area contributed by atoms with Crippen LogP contribution in [0.25, 0.3) is 0 Å². The van der Waals surface area contributed by atoms with Crippen molar-refractivity contribution in [3.05, 3.63) is 35.9 Å². The van der Waals surface area contributed by atoms with Crippen molar-refractivity contribution < 1.29 is 14.6 Å². The molecule has 0 radical (unpaired) electrons. The van der Waals surface area contributed by atoms with Crippen molar-refractivity contribution in [3.8, 4) is 0 Å². The number of hydrogen-bond acceptors (Lipinski definition) is 3. The molecule has 3 nitrogen and oxygen atoms in total. The number of esters is 1. The highest BCUT2D eigenvalue weighted by Gasteiger charge is 2.09. The van der Waals surface area contributed by atoms with Gasteiger partial charge in [0.1, 0.15) is 12.7 Å². The summed E-state index contributed by atoms with van der Waals surface area (Å²) >= 11 is 0. The van der Waals surface area contributed by atoms with E-state index < -0.39 is 6.10 Å². The van der Waals surface area contributed by atoms with Crippen molar-refractivity contribution in [1.82, 2.24) is 0 Å². The molecule has 0 saturated heterocycles. The van der Waals surface area contributed by atoms with Crippen LogP contribution in [0, 0.1) is 0 Å². The average Bonchev–Trinajstić information content (AvgIpc) is 2.27. The fourth-order valence-corrected chi connectivity index (χ4v) is 1.22. The summed E-state index contributed by atoms with van der Waals surface area (Å²) in [6.07, 6.45) is 0.439. The van der Waals surface area contributed by atoms with E-state index in [1.807, 2.05) is 25.1 Å². The molecule has 82 valence electrons. The monoisotopic (exact) mass is 208 g/mol. The summed E-state index contributed by atoms with van der Waals surface area (Å²) in [5, 5.41) is 9.66. The van der Waals surface area contributed by atoms with E-state index in [4.69, 9.17) is 4.74 Å². The van der Waals surface area contributed by atoms with E-state index in [9.17, 15) is 9.90 Å². The van der Waals surface area contributed by atoms with Crippen LogP contribution in [0.3, 0.4) is 0 Å². The van der Waals surface area contributed by atoms with Gasteiger partial charge in [0.05, 0.1) is 0 Å². The van der Waals surface area contributed by atoms with Gasteiger partial charge in [-0.05, 0) is 12.0 Å². The Labute approximate surface area is 89.7 Å². The molecule has 0 bridgehead atoms. The molecular formula is C12H16O3. The first-order chi connectivity index (χ1) is 7.24. The largest absolute Gasteiger partial charge is 0.463 e. The SMILES string of the molecule is CCCC(=O)OCC(O)c1ccccc1. The topological polar surface area (TPSA) is 46.5 Å². The zero-order valence-corrected chi connectivity index (χ0v) is 8.85. The second-order valence-electron chi connectivity index (χ2n) is 3.36. The van der Waals surface area contributed by atoms with Gasteiger partial charge in [-0.25, -0.2) is 0 Å². The minimum absolute atomic E-state index is 0.0306. The van der Waals surface area contributed by atoms with Crippen LogP contribution >= 0.6 is 0 Å². The summed E-state index contributed by atoms with van der Waals surface area (Å²) in [6.45, 7) is 1.94. The first-order valence-electron chi connectivity index (χ1n) is 5.12. The van der Waals surface area contributed by atoms with Crippen LogP contribution in [-0.4, -0.2) is 17.7 Å². The Morgan fingerprint density at radius 2 is 2.07 bits per heavy atom. The highest BCUT2D eigenvalue weighted by molar-refractivity contribution is 5.69. The highest BCUT2D eigenvalue weighted by atomic mass is 16.5. The van der Waals surface area contributed by atoms with E-state index in [0.29, 0.717) is 6.42 Å². The molecule has 1 rings (SSSR count). The summed E-state index contributed by atoms with van der Waals surface area (Å²) in [6, 6.07) is 9.16. The molecule has 0 spiro atoms. The maximum absolute atomic E-state index is 11.0. The Morgan fingerprint density at radius 3 is 2.67 bits per heavy atom. The van der Waals surface area contributed by atoms with Gasteiger partial charge in [-0.1, -0.05) is 37.3 Å². The Hall–Kier alpha value is -1.35. The average molecular weight is 208 g/mol. The van der Waals surface area contributed by atoms with Gasteiger partial charge in [-0.15, -0.1) is 0 Å². The molecular weight excluding hydrogens is 192 g/mol. The zero-order valence-electron chi connectivity index (χ0n) is 8.85. The summed E-state index contributed by atoms with van der Waals surface area (Å²) in [4.78, 5) is 11.0. The second-order valence-corrected chi connectivity index (χ2v) is 3.36. The molecule has 0 aliphatic rings. The van der Waals surface area contributed by atoms with Gasteiger partial charge in [0.2, 0.25) is 0 Å². The Morgan fingerprint density at radius 1 is 1.40 bits per heavy atom. The molecule has 0 heterocycles. The predicted molar refractivity (Wildman–Crippen MR) is 57.3 cm³/mol. The van der Waals surface area contributed by atoms with E-state index >= 15 is 0 Å².